The predicted octanol–water partition coefficient (Wildman–Crippen LogP) is 8.87. The minimum Gasteiger partial charge on any atom is -0.205 e. The molecule has 0 amide bonds. The molecule has 0 saturated heterocycles. The first kappa shape index (κ1) is 23.0. The minimum atomic E-state index is -0.689. The summed E-state index contributed by atoms with van der Waals surface area (Å²) < 4.78 is 27.3. The van der Waals surface area contributed by atoms with Crippen LogP contribution in [0.25, 0.3) is 0 Å². The van der Waals surface area contributed by atoms with Crippen molar-refractivity contribution in [2.45, 2.75) is 63.7 Å². The Kier molecular flexibility index (Phi) is 7.63. The maximum absolute atomic E-state index is 13.6. The molecule has 3 aromatic rings. The topological polar surface area (TPSA) is 0 Å². The highest BCUT2D eigenvalue weighted by molar-refractivity contribution is 6.30. The van der Waals surface area contributed by atoms with Gasteiger partial charge in [0.1, 0.15) is 16.7 Å². The van der Waals surface area contributed by atoms with Crippen molar-refractivity contribution in [1.82, 2.24) is 0 Å². The fourth-order valence-electron chi connectivity index (χ4n) is 5.15. The van der Waals surface area contributed by atoms with Gasteiger partial charge < -0.3 is 0 Å². The van der Waals surface area contributed by atoms with Gasteiger partial charge >= 0.3 is 0 Å². The third-order valence-electron chi connectivity index (χ3n) is 7.10. The second-order valence-electron chi connectivity index (χ2n) is 9.38. The molecule has 0 radical (unpaired) electrons. The van der Waals surface area contributed by atoms with Gasteiger partial charge in [0.25, 0.3) is 0 Å². The summed E-state index contributed by atoms with van der Waals surface area (Å²) >= 11 is 5.57. The Bertz CT molecular complexity index is 982. The molecule has 0 nitrogen and oxygen atoms in total. The van der Waals surface area contributed by atoms with Crippen molar-refractivity contribution >= 4 is 11.6 Å². The van der Waals surface area contributed by atoms with E-state index in [9.17, 15) is 8.78 Å². The van der Waals surface area contributed by atoms with Crippen molar-refractivity contribution in [1.29, 1.82) is 0 Å². The lowest BCUT2D eigenvalue weighted by Gasteiger charge is -2.30. The van der Waals surface area contributed by atoms with E-state index < -0.39 is 16.7 Å². The Labute approximate surface area is 195 Å². The molecule has 0 aromatic heterocycles. The molecule has 1 aliphatic rings. The number of hydrogen-bond donors (Lipinski definition) is 0. The first-order valence-corrected chi connectivity index (χ1v) is 12.1. The summed E-state index contributed by atoms with van der Waals surface area (Å²) in [5, 5.41) is -0.428. The first-order valence-electron chi connectivity index (χ1n) is 11.8. The lowest BCUT2D eigenvalue weighted by molar-refractivity contribution is 0.297. The molecule has 1 atom stereocenters. The molecule has 32 heavy (non-hydrogen) atoms. The number of rotatable bonds is 7. The number of hydrogen-bond acceptors (Lipinski definition) is 0. The molecular formula is C29H31ClF2. The second-order valence-corrected chi connectivity index (χ2v) is 9.76. The van der Waals surface area contributed by atoms with Crippen molar-refractivity contribution in [3.05, 3.63) is 106 Å². The van der Waals surface area contributed by atoms with Gasteiger partial charge in [0.05, 0.1) is 0 Å². The van der Waals surface area contributed by atoms with Crippen LogP contribution in [0.5, 0.6) is 0 Å². The van der Waals surface area contributed by atoms with Crippen LogP contribution >= 0.6 is 11.6 Å². The molecule has 0 N–H and O–H groups in total. The first-order chi connectivity index (χ1) is 15.5. The third-order valence-corrected chi connectivity index (χ3v) is 7.46. The maximum Gasteiger partial charge on any atom is 0.145 e. The quantitative estimate of drug-likeness (QED) is 0.314. The van der Waals surface area contributed by atoms with Crippen LogP contribution in [0.15, 0.2) is 66.7 Å². The van der Waals surface area contributed by atoms with Gasteiger partial charge in [0, 0.05) is 0 Å². The lowest BCUT2D eigenvalue weighted by atomic mass is 9.75. The van der Waals surface area contributed by atoms with Crippen molar-refractivity contribution < 1.29 is 8.78 Å². The van der Waals surface area contributed by atoms with Crippen LogP contribution in [-0.2, 0) is 12.8 Å². The van der Waals surface area contributed by atoms with E-state index in [1.165, 1.54) is 60.9 Å². The van der Waals surface area contributed by atoms with Gasteiger partial charge in [0.2, 0.25) is 0 Å². The zero-order valence-electron chi connectivity index (χ0n) is 18.7. The van der Waals surface area contributed by atoms with Crippen molar-refractivity contribution in [3.63, 3.8) is 0 Å². The van der Waals surface area contributed by atoms with E-state index in [0.29, 0.717) is 23.8 Å². The van der Waals surface area contributed by atoms with Gasteiger partial charge in [-0.2, -0.15) is 0 Å². The highest BCUT2D eigenvalue weighted by Gasteiger charge is 2.24. The molecule has 1 aliphatic carbocycles. The summed E-state index contributed by atoms with van der Waals surface area (Å²) in [4.78, 5) is 0. The summed E-state index contributed by atoms with van der Waals surface area (Å²) in [6, 6.07) is 22.3. The van der Waals surface area contributed by atoms with E-state index in [-0.39, 0.29) is 0 Å². The molecule has 3 heteroatoms. The Hall–Kier alpha value is -2.19. The van der Waals surface area contributed by atoms with E-state index >= 15 is 0 Å². The number of aryl methyl sites for hydroxylation is 2. The normalized spacial score (nSPS) is 19.6. The van der Waals surface area contributed by atoms with Crippen LogP contribution < -0.4 is 0 Å². The molecule has 0 heterocycles. The van der Waals surface area contributed by atoms with Crippen molar-refractivity contribution in [2.75, 3.05) is 0 Å². The highest BCUT2D eigenvalue weighted by atomic mass is 35.5. The Morgan fingerprint density at radius 3 is 2.03 bits per heavy atom. The van der Waals surface area contributed by atoms with Crippen LogP contribution in [0.2, 0.25) is 5.02 Å². The SMILES string of the molecule is C[C@H](CC1CCC(c2ccc(CCc3cc(F)c(Cl)c(F)c3)cc2)CC1)c1ccccc1. The second kappa shape index (κ2) is 10.6. The molecule has 0 unspecified atom stereocenters. The number of benzene rings is 3. The minimum absolute atomic E-state index is 0.428. The Morgan fingerprint density at radius 1 is 0.812 bits per heavy atom. The molecule has 0 bridgehead atoms. The van der Waals surface area contributed by atoms with Gasteiger partial charge in [-0.25, -0.2) is 8.78 Å². The van der Waals surface area contributed by atoms with Gasteiger partial charge in [-0.15, -0.1) is 0 Å². The molecule has 4 rings (SSSR count). The molecule has 168 valence electrons. The van der Waals surface area contributed by atoms with E-state index in [2.05, 4.69) is 61.5 Å². The summed E-state index contributed by atoms with van der Waals surface area (Å²) in [7, 11) is 0. The summed E-state index contributed by atoms with van der Waals surface area (Å²) in [5.41, 5.74) is 4.70. The largest absolute Gasteiger partial charge is 0.205 e. The van der Waals surface area contributed by atoms with Crippen LogP contribution in [0.4, 0.5) is 8.78 Å². The van der Waals surface area contributed by atoms with Crippen LogP contribution in [-0.4, -0.2) is 0 Å². The predicted molar refractivity (Wildman–Crippen MR) is 129 cm³/mol. The smallest absolute Gasteiger partial charge is 0.145 e. The van der Waals surface area contributed by atoms with E-state index in [0.717, 1.165) is 12.3 Å². The molecule has 3 aromatic carbocycles. The van der Waals surface area contributed by atoms with Crippen molar-refractivity contribution in [2.24, 2.45) is 5.92 Å². The average Bonchev–Trinajstić information content (AvgIpc) is 2.82. The summed E-state index contributed by atoms with van der Waals surface area (Å²) in [6.45, 7) is 2.35. The van der Waals surface area contributed by atoms with Crippen LogP contribution in [0.1, 0.15) is 73.1 Å². The fraction of sp³-hybridized carbons (Fsp3) is 0.379. The van der Waals surface area contributed by atoms with E-state index in [4.69, 9.17) is 11.6 Å². The van der Waals surface area contributed by atoms with E-state index in [1.807, 2.05) is 0 Å². The van der Waals surface area contributed by atoms with Gasteiger partial charge in [-0.1, -0.05) is 73.1 Å². The third kappa shape index (κ3) is 5.78. The summed E-state index contributed by atoms with van der Waals surface area (Å²) in [5.74, 6) is 0.712. The molecule has 0 aliphatic heterocycles. The van der Waals surface area contributed by atoms with Gasteiger partial charge in [-0.05, 0) is 97.1 Å². The number of halogens is 3. The van der Waals surface area contributed by atoms with Crippen LogP contribution in [0, 0.1) is 17.6 Å². The highest BCUT2D eigenvalue weighted by Crippen LogP contribution is 2.39. The van der Waals surface area contributed by atoms with Crippen molar-refractivity contribution in [3.8, 4) is 0 Å². The average molecular weight is 453 g/mol. The van der Waals surface area contributed by atoms with Crippen LogP contribution in [0.3, 0.4) is 0 Å². The monoisotopic (exact) mass is 452 g/mol. The van der Waals surface area contributed by atoms with Gasteiger partial charge in [0.15, 0.2) is 0 Å². The lowest BCUT2D eigenvalue weighted by Crippen LogP contribution is -2.15. The molecule has 1 fully saturated rings. The standard InChI is InChI=1S/C29H31ClF2/c1-20(24-5-3-2-4-6-24)17-22-11-15-26(16-12-22)25-13-9-21(10-14-25)7-8-23-18-27(31)29(30)28(32)19-23/h2-6,9-10,13-14,18-20,22,26H,7-8,11-12,15-17H2,1H3/t20-,22?,26?/m1/s1. The maximum atomic E-state index is 13.6. The fourth-order valence-corrected chi connectivity index (χ4v) is 5.26. The molecule has 0 spiro atoms. The Morgan fingerprint density at radius 2 is 1.41 bits per heavy atom. The van der Waals surface area contributed by atoms with E-state index in [1.54, 1.807) is 0 Å². The molecular weight excluding hydrogens is 422 g/mol. The summed E-state index contributed by atoms with van der Waals surface area (Å²) in [6.07, 6.45) is 7.75. The Balaban J connectivity index is 1.27. The zero-order valence-corrected chi connectivity index (χ0v) is 19.4. The zero-order chi connectivity index (χ0) is 22.5. The van der Waals surface area contributed by atoms with Gasteiger partial charge in [-0.3, -0.25) is 0 Å². The molecule has 1 saturated carbocycles.